The van der Waals surface area contributed by atoms with Gasteiger partial charge >= 0.3 is 0 Å². The molecule has 0 saturated heterocycles. The van der Waals surface area contributed by atoms with Gasteiger partial charge in [0.1, 0.15) is 0 Å². The maximum Gasteiger partial charge on any atom is 0.0991 e. The zero-order valence-corrected chi connectivity index (χ0v) is 10.4. The number of anilines is 1. The summed E-state index contributed by atoms with van der Waals surface area (Å²) in [6.45, 7) is 0.586. The predicted molar refractivity (Wildman–Crippen MR) is 73.0 cm³/mol. The predicted octanol–water partition coefficient (Wildman–Crippen LogP) is 3.09. The summed E-state index contributed by atoms with van der Waals surface area (Å²) in [5, 5.41) is 11.1. The van der Waals surface area contributed by atoms with Crippen LogP contribution >= 0.6 is 11.6 Å². The number of nitrogens with two attached hydrogens (primary N) is 1. The van der Waals surface area contributed by atoms with Crippen molar-refractivity contribution in [3.05, 3.63) is 64.7 Å². The van der Waals surface area contributed by atoms with Gasteiger partial charge in [-0.3, -0.25) is 0 Å². The number of halogens is 1. The first kappa shape index (κ1) is 12.4. The van der Waals surface area contributed by atoms with Crippen LogP contribution in [0.5, 0.6) is 0 Å². The largest absolute Gasteiger partial charge is 0.307 e. The van der Waals surface area contributed by atoms with E-state index in [9.17, 15) is 0 Å². The molecular weight excluding hydrogens is 246 g/mol. The molecule has 90 valence electrons. The minimum Gasteiger partial charge on any atom is -0.307 e. The van der Waals surface area contributed by atoms with E-state index in [0.29, 0.717) is 17.1 Å². The van der Waals surface area contributed by atoms with Crippen LogP contribution in [0.1, 0.15) is 11.1 Å². The maximum absolute atomic E-state index is 8.72. The molecule has 0 aromatic heterocycles. The van der Waals surface area contributed by atoms with Crippen LogP contribution in [0.15, 0.2) is 48.5 Å². The SMILES string of the molecule is N#Cc1ccc(N(N)Cc2ccc(Cl)cc2)cc1. The summed E-state index contributed by atoms with van der Waals surface area (Å²) in [6, 6.07) is 16.8. The van der Waals surface area contributed by atoms with E-state index in [1.54, 1.807) is 17.1 Å². The number of benzene rings is 2. The summed E-state index contributed by atoms with van der Waals surface area (Å²) in [5.74, 6) is 5.97. The molecule has 0 amide bonds. The molecule has 0 aliphatic heterocycles. The van der Waals surface area contributed by atoms with Crippen LogP contribution in [0.3, 0.4) is 0 Å². The van der Waals surface area contributed by atoms with E-state index in [0.717, 1.165) is 11.3 Å². The Bertz CT molecular complexity index is 555. The third kappa shape index (κ3) is 3.01. The first-order valence-electron chi connectivity index (χ1n) is 5.46. The molecular formula is C14H12ClN3. The number of hydrogen-bond donors (Lipinski definition) is 1. The van der Waals surface area contributed by atoms with E-state index in [-0.39, 0.29) is 0 Å². The van der Waals surface area contributed by atoms with E-state index >= 15 is 0 Å². The maximum atomic E-state index is 8.72. The van der Waals surface area contributed by atoms with Crippen LogP contribution in [-0.2, 0) is 6.54 Å². The number of hydrazine groups is 1. The lowest BCUT2D eigenvalue weighted by molar-refractivity contribution is 0.853. The monoisotopic (exact) mass is 257 g/mol. The zero-order chi connectivity index (χ0) is 13.0. The second-order valence-electron chi connectivity index (χ2n) is 3.91. The van der Waals surface area contributed by atoms with Crippen LogP contribution in [0.4, 0.5) is 5.69 Å². The van der Waals surface area contributed by atoms with E-state index in [1.807, 2.05) is 36.4 Å². The van der Waals surface area contributed by atoms with Crippen LogP contribution < -0.4 is 10.9 Å². The first-order chi connectivity index (χ1) is 8.69. The summed E-state index contributed by atoms with van der Waals surface area (Å²) in [4.78, 5) is 0. The number of rotatable bonds is 3. The molecule has 4 heteroatoms. The molecule has 0 spiro atoms. The molecule has 0 aliphatic rings. The van der Waals surface area contributed by atoms with Crippen molar-refractivity contribution in [2.24, 2.45) is 5.84 Å². The van der Waals surface area contributed by atoms with Gasteiger partial charge in [0.05, 0.1) is 23.9 Å². The van der Waals surface area contributed by atoms with Crippen molar-refractivity contribution in [3.8, 4) is 6.07 Å². The van der Waals surface area contributed by atoms with E-state index < -0.39 is 0 Å². The van der Waals surface area contributed by atoms with E-state index in [2.05, 4.69) is 6.07 Å². The lowest BCUT2D eigenvalue weighted by atomic mass is 10.2. The molecule has 0 aliphatic carbocycles. The van der Waals surface area contributed by atoms with Crippen molar-refractivity contribution in [2.45, 2.75) is 6.54 Å². The Morgan fingerprint density at radius 1 is 1.06 bits per heavy atom. The highest BCUT2D eigenvalue weighted by atomic mass is 35.5. The molecule has 2 aromatic carbocycles. The average Bonchev–Trinajstić information content (AvgIpc) is 2.41. The number of hydrogen-bond acceptors (Lipinski definition) is 3. The number of nitriles is 1. The summed E-state index contributed by atoms with van der Waals surface area (Å²) in [7, 11) is 0. The highest BCUT2D eigenvalue weighted by Crippen LogP contribution is 2.16. The Balaban J connectivity index is 2.09. The van der Waals surface area contributed by atoms with Crippen molar-refractivity contribution in [2.75, 3.05) is 5.01 Å². The topological polar surface area (TPSA) is 53.0 Å². The van der Waals surface area contributed by atoms with Crippen LogP contribution in [-0.4, -0.2) is 0 Å². The van der Waals surface area contributed by atoms with Crippen molar-refractivity contribution < 1.29 is 0 Å². The molecule has 2 N–H and O–H groups in total. The average molecular weight is 258 g/mol. The van der Waals surface area contributed by atoms with Gasteiger partial charge in [0.25, 0.3) is 0 Å². The van der Waals surface area contributed by atoms with Gasteiger partial charge in [-0.25, -0.2) is 5.84 Å². The minimum atomic E-state index is 0.586. The second-order valence-corrected chi connectivity index (χ2v) is 4.35. The van der Waals surface area contributed by atoms with Gasteiger partial charge in [0.2, 0.25) is 0 Å². The van der Waals surface area contributed by atoms with Crippen LogP contribution in [0.2, 0.25) is 5.02 Å². The second kappa shape index (κ2) is 5.54. The Morgan fingerprint density at radius 2 is 1.67 bits per heavy atom. The molecule has 0 radical (unpaired) electrons. The Morgan fingerprint density at radius 3 is 2.22 bits per heavy atom. The Kier molecular flexibility index (Phi) is 3.83. The van der Waals surface area contributed by atoms with Gasteiger partial charge in [0.15, 0.2) is 0 Å². The smallest absolute Gasteiger partial charge is 0.0991 e. The molecule has 0 heterocycles. The fourth-order valence-corrected chi connectivity index (χ4v) is 1.73. The summed E-state index contributed by atoms with van der Waals surface area (Å²) in [6.07, 6.45) is 0. The third-order valence-electron chi connectivity index (χ3n) is 2.59. The summed E-state index contributed by atoms with van der Waals surface area (Å²) >= 11 is 5.82. The molecule has 2 rings (SSSR count). The Hall–Kier alpha value is -2.02. The molecule has 18 heavy (non-hydrogen) atoms. The number of nitrogens with zero attached hydrogens (tertiary/aromatic N) is 2. The third-order valence-corrected chi connectivity index (χ3v) is 2.85. The van der Waals surface area contributed by atoms with E-state index in [4.69, 9.17) is 22.7 Å². The molecule has 0 fully saturated rings. The molecule has 0 unspecified atom stereocenters. The minimum absolute atomic E-state index is 0.586. The van der Waals surface area contributed by atoms with Crippen molar-refractivity contribution in [3.63, 3.8) is 0 Å². The van der Waals surface area contributed by atoms with Gasteiger partial charge < -0.3 is 5.01 Å². The standard InChI is InChI=1S/C14H12ClN3/c15-13-5-1-12(2-6-13)10-18(17)14-7-3-11(9-16)4-8-14/h1-8H,10,17H2. The van der Waals surface area contributed by atoms with Gasteiger partial charge in [-0.15, -0.1) is 0 Å². The van der Waals surface area contributed by atoms with Gasteiger partial charge in [0, 0.05) is 5.02 Å². The molecule has 0 bridgehead atoms. The highest BCUT2D eigenvalue weighted by molar-refractivity contribution is 6.30. The lowest BCUT2D eigenvalue weighted by Gasteiger charge is -2.18. The van der Waals surface area contributed by atoms with Crippen LogP contribution in [0.25, 0.3) is 0 Å². The highest BCUT2D eigenvalue weighted by Gasteiger charge is 2.03. The normalized spacial score (nSPS) is 9.83. The molecule has 0 saturated carbocycles. The fourth-order valence-electron chi connectivity index (χ4n) is 1.61. The summed E-state index contributed by atoms with van der Waals surface area (Å²) in [5.41, 5.74) is 2.56. The molecule has 0 atom stereocenters. The van der Waals surface area contributed by atoms with Crippen molar-refractivity contribution in [1.29, 1.82) is 5.26 Å². The van der Waals surface area contributed by atoms with Gasteiger partial charge in [-0.2, -0.15) is 5.26 Å². The van der Waals surface area contributed by atoms with Crippen molar-refractivity contribution >= 4 is 17.3 Å². The van der Waals surface area contributed by atoms with E-state index in [1.165, 1.54) is 0 Å². The van der Waals surface area contributed by atoms with Crippen LogP contribution in [0, 0.1) is 11.3 Å². The first-order valence-corrected chi connectivity index (χ1v) is 5.83. The quantitative estimate of drug-likeness (QED) is 0.679. The van der Waals surface area contributed by atoms with Crippen molar-refractivity contribution in [1.82, 2.24) is 0 Å². The van der Waals surface area contributed by atoms with Gasteiger partial charge in [-0.05, 0) is 42.0 Å². The van der Waals surface area contributed by atoms with Gasteiger partial charge in [-0.1, -0.05) is 23.7 Å². The summed E-state index contributed by atoms with van der Waals surface area (Å²) < 4.78 is 0. The fraction of sp³-hybridized carbons (Fsp3) is 0.0714. The molecule has 3 nitrogen and oxygen atoms in total. The Labute approximate surface area is 111 Å². The lowest BCUT2D eigenvalue weighted by Crippen LogP contribution is -2.29. The zero-order valence-electron chi connectivity index (χ0n) is 9.68. The molecule has 2 aromatic rings.